The van der Waals surface area contributed by atoms with E-state index in [1.165, 1.54) is 18.2 Å². The molecule has 2 unspecified atom stereocenters. The first-order valence-corrected chi connectivity index (χ1v) is 11.4. The summed E-state index contributed by atoms with van der Waals surface area (Å²) in [7, 11) is 0. The quantitative estimate of drug-likeness (QED) is 0.495. The zero-order valence-corrected chi connectivity index (χ0v) is 18.7. The Morgan fingerprint density at radius 3 is 2.43 bits per heavy atom. The highest BCUT2D eigenvalue weighted by Gasteiger charge is 2.55. The lowest BCUT2D eigenvalue weighted by Gasteiger charge is -2.19. The molecule has 1 saturated carbocycles. The first kappa shape index (κ1) is 23.2. The third kappa shape index (κ3) is 5.92. The van der Waals surface area contributed by atoms with Crippen LogP contribution in [0.2, 0.25) is 0 Å². The summed E-state index contributed by atoms with van der Waals surface area (Å²) >= 11 is 0. The average Bonchev–Trinajstić information content (AvgIpc) is 3.28. The summed E-state index contributed by atoms with van der Waals surface area (Å²) in [4.78, 5) is 19.2. The van der Waals surface area contributed by atoms with Crippen LogP contribution in [0.3, 0.4) is 0 Å². The Kier molecular flexibility index (Phi) is 6.34. The number of nitrogens with one attached hydrogen (secondary N) is 1. The lowest BCUT2D eigenvalue weighted by Crippen LogP contribution is -2.30. The maximum atomic E-state index is 12.4. The van der Waals surface area contributed by atoms with Gasteiger partial charge in [0.05, 0.1) is 0 Å². The largest absolute Gasteiger partial charge is 0.573 e. The van der Waals surface area contributed by atoms with Gasteiger partial charge in [-0.15, -0.1) is 13.2 Å². The second-order valence-corrected chi connectivity index (χ2v) is 8.89. The second kappa shape index (κ2) is 9.58. The van der Waals surface area contributed by atoms with Gasteiger partial charge in [-0.1, -0.05) is 30.3 Å². The van der Waals surface area contributed by atoms with E-state index in [0.717, 1.165) is 37.0 Å². The predicted octanol–water partition coefficient (Wildman–Crippen LogP) is 4.88. The van der Waals surface area contributed by atoms with Crippen molar-refractivity contribution in [2.24, 2.45) is 17.8 Å². The van der Waals surface area contributed by atoms with Gasteiger partial charge < -0.3 is 14.8 Å². The highest BCUT2D eigenvalue weighted by Crippen LogP contribution is 2.51. The molecule has 1 amide bonds. The third-order valence-corrected chi connectivity index (χ3v) is 6.44. The van der Waals surface area contributed by atoms with Crippen molar-refractivity contribution in [2.75, 3.05) is 19.6 Å². The number of rotatable bonds is 8. The predicted molar refractivity (Wildman–Crippen MR) is 122 cm³/mol. The van der Waals surface area contributed by atoms with Crippen LogP contribution < -0.4 is 14.8 Å². The summed E-state index contributed by atoms with van der Waals surface area (Å²) in [5, 5.41) is 2.85. The number of pyridine rings is 1. The monoisotopic (exact) mass is 483 g/mol. The number of benzene rings is 2. The Hall–Kier alpha value is -3.59. The van der Waals surface area contributed by atoms with Crippen molar-refractivity contribution >= 4 is 5.91 Å². The molecule has 2 aromatic carbocycles. The Balaban J connectivity index is 1.06. The number of ether oxygens (including phenoxy) is 2. The molecular weight excluding hydrogens is 459 g/mol. The Morgan fingerprint density at radius 2 is 1.74 bits per heavy atom. The van der Waals surface area contributed by atoms with E-state index in [9.17, 15) is 18.0 Å². The topological polar surface area (TPSA) is 63.7 Å². The minimum atomic E-state index is -4.79. The number of amides is 1. The smallest absolute Gasteiger partial charge is 0.439 e. The highest BCUT2D eigenvalue weighted by molar-refractivity contribution is 5.94. The molecule has 3 aromatic rings. The molecule has 5 rings (SSSR count). The van der Waals surface area contributed by atoms with Gasteiger partial charge in [-0.25, -0.2) is 4.98 Å². The number of hydrogen-bond donors (Lipinski definition) is 1. The van der Waals surface area contributed by atoms with Gasteiger partial charge in [0, 0.05) is 44.0 Å². The SMILES string of the molecule is O=C(NCC1C2CN(Cc3ccc(Oc4ccccc4)nc3)CC12)c1cccc(OC(F)(F)F)c1. The Morgan fingerprint density at radius 1 is 1.00 bits per heavy atom. The zero-order chi connectivity index (χ0) is 24.4. The molecule has 0 radical (unpaired) electrons. The fourth-order valence-electron chi connectivity index (χ4n) is 4.75. The van der Waals surface area contributed by atoms with E-state index in [1.54, 1.807) is 0 Å². The number of halogens is 3. The van der Waals surface area contributed by atoms with Crippen molar-refractivity contribution in [1.29, 1.82) is 0 Å². The molecule has 2 fully saturated rings. The molecule has 1 aliphatic carbocycles. The number of carbonyl (C=O) groups excluding carboxylic acids is 1. The van der Waals surface area contributed by atoms with E-state index in [1.807, 2.05) is 48.7 Å². The first-order chi connectivity index (χ1) is 16.8. The van der Waals surface area contributed by atoms with E-state index in [4.69, 9.17) is 4.74 Å². The molecule has 0 spiro atoms. The number of nitrogens with zero attached hydrogens (tertiary/aromatic N) is 2. The number of likely N-dealkylation sites (tertiary alicyclic amines) is 1. The van der Waals surface area contributed by atoms with E-state index in [2.05, 4.69) is 19.9 Å². The Bertz CT molecular complexity index is 1160. The standard InChI is InChI=1S/C26H24F3N3O3/c27-26(28,29)35-20-8-4-5-18(11-20)25(33)31-13-21-22-15-32(16-23(21)22)14-17-9-10-24(30-12-17)34-19-6-2-1-3-7-19/h1-12,21-23H,13-16H2,(H,31,33). The van der Waals surface area contributed by atoms with Crippen LogP contribution in [-0.4, -0.2) is 41.8 Å². The minimum absolute atomic E-state index is 0.145. The van der Waals surface area contributed by atoms with E-state index >= 15 is 0 Å². The van der Waals surface area contributed by atoms with E-state index in [0.29, 0.717) is 30.2 Å². The van der Waals surface area contributed by atoms with Crippen LogP contribution in [0.15, 0.2) is 72.9 Å². The van der Waals surface area contributed by atoms with Crippen LogP contribution in [0.1, 0.15) is 15.9 Å². The van der Waals surface area contributed by atoms with Crippen LogP contribution in [0.25, 0.3) is 0 Å². The molecule has 0 bridgehead atoms. The van der Waals surface area contributed by atoms with Gasteiger partial charge in [-0.2, -0.15) is 0 Å². The summed E-state index contributed by atoms with van der Waals surface area (Å²) in [5.74, 6) is 1.92. The lowest BCUT2D eigenvalue weighted by molar-refractivity contribution is -0.274. The molecule has 1 aromatic heterocycles. The van der Waals surface area contributed by atoms with Crippen molar-refractivity contribution < 1.29 is 27.4 Å². The molecule has 2 aliphatic rings. The second-order valence-electron chi connectivity index (χ2n) is 8.89. The average molecular weight is 483 g/mol. The van der Waals surface area contributed by atoms with Crippen molar-refractivity contribution in [3.8, 4) is 17.4 Å². The van der Waals surface area contributed by atoms with Crippen molar-refractivity contribution in [3.05, 3.63) is 84.1 Å². The maximum absolute atomic E-state index is 12.4. The number of piperidine rings is 1. The van der Waals surface area contributed by atoms with Crippen LogP contribution in [0, 0.1) is 17.8 Å². The maximum Gasteiger partial charge on any atom is 0.573 e. The summed E-state index contributed by atoms with van der Waals surface area (Å²) in [6.07, 6.45) is -2.96. The summed E-state index contributed by atoms with van der Waals surface area (Å²) in [6.45, 7) is 3.21. The number of hydrogen-bond acceptors (Lipinski definition) is 5. The van der Waals surface area contributed by atoms with Crippen LogP contribution in [0.4, 0.5) is 13.2 Å². The van der Waals surface area contributed by atoms with Crippen LogP contribution >= 0.6 is 0 Å². The molecule has 182 valence electrons. The van der Waals surface area contributed by atoms with Crippen molar-refractivity contribution in [2.45, 2.75) is 12.9 Å². The lowest BCUT2D eigenvalue weighted by atomic mass is 10.2. The summed E-state index contributed by atoms with van der Waals surface area (Å²) < 4.78 is 46.8. The Labute approximate surface area is 200 Å². The molecule has 2 atom stereocenters. The molecule has 9 heteroatoms. The third-order valence-electron chi connectivity index (χ3n) is 6.44. The van der Waals surface area contributed by atoms with Gasteiger partial charge in [0.15, 0.2) is 0 Å². The zero-order valence-electron chi connectivity index (χ0n) is 18.7. The van der Waals surface area contributed by atoms with E-state index in [-0.39, 0.29) is 5.56 Å². The number of aromatic nitrogens is 1. The molecule has 6 nitrogen and oxygen atoms in total. The molecule has 2 heterocycles. The van der Waals surface area contributed by atoms with Gasteiger partial charge >= 0.3 is 6.36 Å². The molecular formula is C26H24F3N3O3. The van der Waals surface area contributed by atoms with Gasteiger partial charge in [0.1, 0.15) is 11.5 Å². The van der Waals surface area contributed by atoms with Crippen molar-refractivity contribution in [1.82, 2.24) is 15.2 Å². The number of para-hydroxylation sites is 1. The number of carbonyl (C=O) groups is 1. The number of fused-ring (bicyclic) bond motifs is 1. The van der Waals surface area contributed by atoms with Gasteiger partial charge in [-0.3, -0.25) is 9.69 Å². The normalized spacial score (nSPS) is 21.3. The highest BCUT2D eigenvalue weighted by atomic mass is 19.4. The van der Waals surface area contributed by atoms with Gasteiger partial charge in [0.25, 0.3) is 5.91 Å². The molecule has 1 aliphatic heterocycles. The van der Waals surface area contributed by atoms with Gasteiger partial charge in [0.2, 0.25) is 5.88 Å². The fraction of sp³-hybridized carbons (Fsp3) is 0.308. The number of alkyl halides is 3. The van der Waals surface area contributed by atoms with Gasteiger partial charge in [-0.05, 0) is 53.6 Å². The summed E-state index contributed by atoms with van der Waals surface area (Å²) in [6, 6.07) is 18.5. The molecule has 1 N–H and O–H groups in total. The molecule has 35 heavy (non-hydrogen) atoms. The van der Waals surface area contributed by atoms with Crippen molar-refractivity contribution in [3.63, 3.8) is 0 Å². The van der Waals surface area contributed by atoms with E-state index < -0.39 is 18.0 Å². The van der Waals surface area contributed by atoms with Crippen LogP contribution in [-0.2, 0) is 6.54 Å². The first-order valence-electron chi connectivity index (χ1n) is 11.4. The summed E-state index contributed by atoms with van der Waals surface area (Å²) in [5.41, 5.74) is 1.25. The minimum Gasteiger partial charge on any atom is -0.439 e. The van der Waals surface area contributed by atoms with Crippen LogP contribution in [0.5, 0.6) is 17.4 Å². The molecule has 1 saturated heterocycles. The fourth-order valence-corrected chi connectivity index (χ4v) is 4.75.